The van der Waals surface area contributed by atoms with Crippen molar-refractivity contribution in [3.05, 3.63) is 23.8 Å². The zero-order valence-electron chi connectivity index (χ0n) is 9.47. The van der Waals surface area contributed by atoms with Crippen LogP contribution in [0.15, 0.2) is 18.2 Å². The van der Waals surface area contributed by atoms with E-state index in [1.165, 1.54) is 16.9 Å². The van der Waals surface area contributed by atoms with Crippen LogP contribution in [-0.2, 0) is 20.5 Å². The van der Waals surface area contributed by atoms with Gasteiger partial charge in [-0.15, -0.1) is 0 Å². The molecule has 2 amide bonds. The SMILES string of the molecule is O=C1CCc2ccc(OC(=O)NS(=O)(=O)Cl)cc2N1. The van der Waals surface area contributed by atoms with E-state index in [1.807, 2.05) is 0 Å². The molecule has 1 aromatic rings. The third kappa shape index (κ3) is 3.83. The maximum absolute atomic E-state index is 11.2. The van der Waals surface area contributed by atoms with E-state index in [1.54, 1.807) is 6.07 Å². The summed E-state index contributed by atoms with van der Waals surface area (Å²) in [7, 11) is 0.640. The fourth-order valence-corrected chi connectivity index (χ4v) is 2.07. The Labute approximate surface area is 113 Å². The number of ether oxygens (including phenoxy) is 1. The van der Waals surface area contributed by atoms with Gasteiger partial charge in [0.2, 0.25) is 5.91 Å². The number of carbonyl (C=O) groups is 2. The van der Waals surface area contributed by atoms with Crippen molar-refractivity contribution in [3.8, 4) is 5.75 Å². The predicted octanol–water partition coefficient (Wildman–Crippen LogP) is 1.14. The Kier molecular flexibility index (Phi) is 3.63. The molecule has 1 aromatic carbocycles. The molecule has 1 heterocycles. The highest BCUT2D eigenvalue weighted by atomic mass is 35.7. The average molecular weight is 305 g/mol. The normalized spacial score (nSPS) is 14.3. The summed E-state index contributed by atoms with van der Waals surface area (Å²) >= 11 is 0. The van der Waals surface area contributed by atoms with Crippen LogP contribution < -0.4 is 14.8 Å². The van der Waals surface area contributed by atoms with E-state index < -0.39 is 15.3 Å². The molecule has 2 rings (SSSR count). The molecule has 0 spiro atoms. The molecule has 9 heteroatoms. The molecule has 0 radical (unpaired) electrons. The van der Waals surface area contributed by atoms with Crippen molar-refractivity contribution in [2.75, 3.05) is 5.32 Å². The Balaban J connectivity index is 2.12. The minimum atomic E-state index is -4.19. The highest BCUT2D eigenvalue weighted by Gasteiger charge is 2.17. The summed E-state index contributed by atoms with van der Waals surface area (Å²) in [6.45, 7) is 0. The molecule has 19 heavy (non-hydrogen) atoms. The molecule has 0 unspecified atom stereocenters. The Morgan fingerprint density at radius 2 is 2.11 bits per heavy atom. The van der Waals surface area contributed by atoms with Crippen LogP contribution in [0.3, 0.4) is 0 Å². The maximum Gasteiger partial charge on any atom is 0.427 e. The van der Waals surface area contributed by atoms with E-state index in [0.29, 0.717) is 18.5 Å². The smallest absolute Gasteiger partial charge is 0.410 e. The summed E-state index contributed by atoms with van der Waals surface area (Å²) in [5, 5.41) is 2.63. The van der Waals surface area contributed by atoms with Crippen LogP contribution in [0, 0.1) is 0 Å². The van der Waals surface area contributed by atoms with Gasteiger partial charge < -0.3 is 10.1 Å². The molecule has 0 fully saturated rings. The molecule has 0 aliphatic carbocycles. The monoisotopic (exact) mass is 304 g/mol. The summed E-state index contributed by atoms with van der Waals surface area (Å²) in [5.74, 6) is -0.0313. The lowest BCUT2D eigenvalue weighted by atomic mass is 10.0. The van der Waals surface area contributed by atoms with Gasteiger partial charge in [-0.1, -0.05) is 6.07 Å². The number of benzene rings is 1. The Hall–Kier alpha value is -1.80. The van der Waals surface area contributed by atoms with Crippen molar-refractivity contribution in [2.24, 2.45) is 0 Å². The van der Waals surface area contributed by atoms with E-state index in [9.17, 15) is 18.0 Å². The maximum atomic E-state index is 11.2. The summed E-state index contributed by atoms with van der Waals surface area (Å²) in [4.78, 5) is 22.4. The molecule has 0 bridgehead atoms. The van der Waals surface area contributed by atoms with Crippen LogP contribution in [0.1, 0.15) is 12.0 Å². The molecule has 0 saturated heterocycles. The molecule has 1 aliphatic rings. The van der Waals surface area contributed by atoms with Crippen LogP contribution in [0.2, 0.25) is 0 Å². The Morgan fingerprint density at radius 3 is 2.79 bits per heavy atom. The molecule has 0 aromatic heterocycles. The van der Waals surface area contributed by atoms with Gasteiger partial charge in [-0.3, -0.25) is 4.79 Å². The second-order valence-corrected chi connectivity index (χ2v) is 6.10. The lowest BCUT2D eigenvalue weighted by Crippen LogP contribution is -2.29. The summed E-state index contributed by atoms with van der Waals surface area (Å²) < 4.78 is 27.4. The summed E-state index contributed by atoms with van der Waals surface area (Å²) in [6, 6.07) is 4.62. The summed E-state index contributed by atoms with van der Waals surface area (Å²) in [5.41, 5.74) is 1.45. The summed E-state index contributed by atoms with van der Waals surface area (Å²) in [6.07, 6.45) is -0.223. The molecule has 2 N–H and O–H groups in total. The van der Waals surface area contributed by atoms with Gasteiger partial charge in [0.05, 0.1) is 0 Å². The first-order valence-corrected chi connectivity index (χ1v) is 7.51. The molecular formula is C10H9ClN2O5S. The van der Waals surface area contributed by atoms with Crippen molar-refractivity contribution in [1.29, 1.82) is 0 Å². The van der Waals surface area contributed by atoms with Crippen molar-refractivity contribution >= 4 is 37.6 Å². The molecule has 0 saturated carbocycles. The van der Waals surface area contributed by atoms with Crippen LogP contribution in [0.5, 0.6) is 5.75 Å². The van der Waals surface area contributed by atoms with E-state index in [4.69, 9.17) is 15.4 Å². The topological polar surface area (TPSA) is 102 Å². The number of rotatable bonds is 2. The van der Waals surface area contributed by atoms with Crippen LogP contribution in [0.4, 0.5) is 10.5 Å². The quantitative estimate of drug-likeness (QED) is 0.798. The van der Waals surface area contributed by atoms with E-state index in [2.05, 4.69) is 5.32 Å². The van der Waals surface area contributed by atoms with E-state index >= 15 is 0 Å². The number of aryl methyl sites for hydroxylation is 1. The number of hydrogen-bond donors (Lipinski definition) is 2. The van der Waals surface area contributed by atoms with Crippen molar-refractivity contribution in [1.82, 2.24) is 4.72 Å². The van der Waals surface area contributed by atoms with Gasteiger partial charge in [0, 0.05) is 28.9 Å². The predicted molar refractivity (Wildman–Crippen MR) is 67.3 cm³/mol. The highest BCUT2D eigenvalue weighted by Crippen LogP contribution is 2.27. The van der Waals surface area contributed by atoms with Gasteiger partial charge in [0.25, 0.3) is 0 Å². The first kappa shape index (κ1) is 13.6. The third-order valence-corrected chi connectivity index (χ3v) is 3.03. The fourth-order valence-electron chi connectivity index (χ4n) is 1.64. The van der Waals surface area contributed by atoms with Crippen LogP contribution in [-0.4, -0.2) is 20.4 Å². The van der Waals surface area contributed by atoms with Crippen molar-refractivity contribution in [3.63, 3.8) is 0 Å². The van der Waals surface area contributed by atoms with Gasteiger partial charge in [-0.25, -0.2) is 9.52 Å². The number of carbonyl (C=O) groups excluding carboxylic acids is 2. The van der Waals surface area contributed by atoms with Crippen LogP contribution >= 0.6 is 10.7 Å². The zero-order chi connectivity index (χ0) is 14.0. The number of hydrogen-bond acceptors (Lipinski definition) is 5. The molecule has 102 valence electrons. The lowest BCUT2D eigenvalue weighted by molar-refractivity contribution is -0.116. The number of fused-ring (bicyclic) bond motifs is 1. The Bertz CT molecular complexity index is 643. The van der Waals surface area contributed by atoms with Gasteiger partial charge in [0.15, 0.2) is 0 Å². The number of anilines is 1. The van der Waals surface area contributed by atoms with E-state index in [0.717, 1.165) is 5.56 Å². The number of halogens is 1. The van der Waals surface area contributed by atoms with E-state index in [-0.39, 0.29) is 11.7 Å². The number of amides is 2. The first-order chi connectivity index (χ1) is 8.83. The lowest BCUT2D eigenvalue weighted by Gasteiger charge is -2.17. The molecule has 0 atom stereocenters. The second kappa shape index (κ2) is 5.06. The molecule has 7 nitrogen and oxygen atoms in total. The van der Waals surface area contributed by atoms with Gasteiger partial charge >= 0.3 is 15.3 Å². The molecule has 1 aliphatic heterocycles. The standard InChI is InChI=1S/C10H9ClN2O5S/c11-19(16,17)13-10(15)18-7-3-1-6-2-4-9(14)12-8(6)5-7/h1,3,5H,2,4H2,(H,12,14)(H,13,15). The van der Waals surface area contributed by atoms with Gasteiger partial charge in [0.1, 0.15) is 5.75 Å². The van der Waals surface area contributed by atoms with Crippen molar-refractivity contribution in [2.45, 2.75) is 12.8 Å². The fraction of sp³-hybridized carbons (Fsp3) is 0.200. The molecular weight excluding hydrogens is 296 g/mol. The number of nitrogens with one attached hydrogen (secondary N) is 2. The van der Waals surface area contributed by atoms with Crippen molar-refractivity contribution < 1.29 is 22.7 Å². The third-order valence-electron chi connectivity index (χ3n) is 2.39. The zero-order valence-corrected chi connectivity index (χ0v) is 11.0. The van der Waals surface area contributed by atoms with Crippen LogP contribution in [0.25, 0.3) is 0 Å². The first-order valence-electron chi connectivity index (χ1n) is 5.20. The minimum Gasteiger partial charge on any atom is -0.410 e. The van der Waals surface area contributed by atoms with Gasteiger partial charge in [-0.2, -0.15) is 8.42 Å². The second-order valence-electron chi connectivity index (χ2n) is 3.80. The van der Waals surface area contributed by atoms with Gasteiger partial charge in [-0.05, 0) is 18.1 Å². The minimum absolute atomic E-state index is 0.0961. The highest BCUT2D eigenvalue weighted by molar-refractivity contribution is 8.12. The largest absolute Gasteiger partial charge is 0.427 e. The average Bonchev–Trinajstić information content (AvgIpc) is 2.25. The Morgan fingerprint density at radius 1 is 1.37 bits per heavy atom.